The molecule has 0 saturated carbocycles. The summed E-state index contributed by atoms with van der Waals surface area (Å²) in [4.78, 5) is 0. The number of rotatable bonds is 5. The molecule has 0 saturated heterocycles. The molecule has 0 unspecified atom stereocenters. The largest absolute Gasteiger partial charge is 0.673 e. The molecule has 0 atom stereocenters. The van der Waals surface area contributed by atoms with E-state index in [4.69, 9.17) is 9.84 Å². The van der Waals surface area contributed by atoms with Crippen LogP contribution in [0.3, 0.4) is 0 Å². The third-order valence-electron chi connectivity index (χ3n) is 5.33. The van der Waals surface area contributed by atoms with Crippen molar-refractivity contribution in [3.63, 3.8) is 0 Å². The summed E-state index contributed by atoms with van der Waals surface area (Å²) in [5.74, 6) is 1.58. The highest BCUT2D eigenvalue weighted by Gasteiger charge is 2.20. The van der Waals surface area contributed by atoms with Gasteiger partial charge in [-0.1, -0.05) is 62.2 Å². The summed E-state index contributed by atoms with van der Waals surface area (Å²) in [6.07, 6.45) is 16.4. The van der Waals surface area contributed by atoms with E-state index in [0.29, 0.717) is 6.54 Å². The molecule has 0 radical (unpaired) electrons. The van der Waals surface area contributed by atoms with E-state index in [2.05, 4.69) is 80.4 Å². The van der Waals surface area contributed by atoms with Crippen molar-refractivity contribution in [3.8, 4) is 0 Å². The van der Waals surface area contributed by atoms with Crippen LogP contribution in [0.2, 0.25) is 0 Å². The fraction of sp³-hybridized carbons (Fsp3) is 0.107. The van der Waals surface area contributed by atoms with Crippen LogP contribution in [-0.2, 0) is 4.74 Å². The molecule has 10 heteroatoms. The van der Waals surface area contributed by atoms with Crippen LogP contribution in [0.15, 0.2) is 117 Å². The van der Waals surface area contributed by atoms with Crippen molar-refractivity contribution >= 4 is 56.2 Å². The summed E-state index contributed by atoms with van der Waals surface area (Å²) in [7, 11) is -4.03. The van der Waals surface area contributed by atoms with Gasteiger partial charge in [-0.15, -0.1) is 0 Å². The van der Waals surface area contributed by atoms with Gasteiger partial charge in [0.1, 0.15) is 25.2 Å². The molecule has 2 aromatic rings. The quantitative estimate of drug-likeness (QED) is 0.202. The zero-order valence-electron chi connectivity index (χ0n) is 20.3. The highest BCUT2D eigenvalue weighted by Crippen LogP contribution is 2.32. The molecule has 2 aromatic carbocycles. The van der Waals surface area contributed by atoms with Gasteiger partial charge in [-0.3, -0.25) is 0 Å². The molecule has 4 rings (SSSR count). The van der Waals surface area contributed by atoms with E-state index < -0.39 is 7.25 Å². The second kappa shape index (κ2) is 13.7. The van der Waals surface area contributed by atoms with Crippen molar-refractivity contribution < 1.29 is 31.7 Å². The second-order valence-electron chi connectivity index (χ2n) is 8.19. The van der Waals surface area contributed by atoms with Crippen molar-refractivity contribution in [1.29, 1.82) is 0 Å². The van der Waals surface area contributed by atoms with Crippen LogP contribution in [0, 0.1) is 0 Å². The Labute approximate surface area is 235 Å². The van der Waals surface area contributed by atoms with E-state index in [-0.39, 0.29) is 6.61 Å². The zero-order chi connectivity index (χ0) is 27.7. The van der Waals surface area contributed by atoms with Crippen LogP contribution in [0.5, 0.6) is 0 Å². The number of ether oxygens (including phenoxy) is 1. The maximum Gasteiger partial charge on any atom is 0.673 e. The lowest BCUT2D eigenvalue weighted by Gasteiger charge is -2.18. The summed E-state index contributed by atoms with van der Waals surface area (Å²) < 4.78 is 49.4. The molecule has 2 aliphatic rings. The molecule has 3 nitrogen and oxygen atoms in total. The van der Waals surface area contributed by atoms with Gasteiger partial charge >= 0.3 is 7.25 Å². The minimum absolute atomic E-state index is 0.134. The minimum atomic E-state index is -6.00. The second-order valence-corrected chi connectivity index (χ2v) is 10.0. The van der Waals surface area contributed by atoms with Crippen molar-refractivity contribution in [2.45, 2.75) is 0 Å². The molecule has 0 fully saturated rings. The number of halogens is 6. The number of nitrogens with zero attached hydrogens (tertiary/aromatic N) is 1. The van der Waals surface area contributed by atoms with Crippen molar-refractivity contribution in [2.24, 2.45) is 0 Å². The number of hydrogen-bond donors (Lipinski definition) is 1. The monoisotopic (exact) mass is 651 g/mol. The molecule has 0 amide bonds. The topological polar surface area (TPSA) is 32.5 Å². The van der Waals surface area contributed by atoms with Crippen molar-refractivity contribution in [3.05, 3.63) is 129 Å². The summed E-state index contributed by atoms with van der Waals surface area (Å²) >= 11 is 7.02. The van der Waals surface area contributed by atoms with Crippen LogP contribution in [0.25, 0.3) is 11.3 Å². The first-order chi connectivity index (χ1) is 18.0. The Morgan fingerprint density at radius 3 is 1.87 bits per heavy atom. The summed E-state index contributed by atoms with van der Waals surface area (Å²) in [6, 6.07) is 16.4. The highest BCUT2D eigenvalue weighted by molar-refractivity contribution is 9.10. The predicted molar refractivity (Wildman–Crippen MR) is 153 cm³/mol. The minimum Gasteiger partial charge on any atom is -0.457 e. The van der Waals surface area contributed by atoms with Crippen LogP contribution in [0.4, 0.5) is 17.3 Å². The van der Waals surface area contributed by atoms with Gasteiger partial charge in [0.25, 0.3) is 0 Å². The standard InChI is InChI=1S/C28H24Br2NO2.BF4/c1-31(16-17-32)26-13-2-20(3-14-26)4-15-27-18-23(21-5-9-24(29)10-6-21)19-28(33-27)22-7-11-25(30)12-8-22;2-1(3,4)5/h2-15,18-19,32H,16-17H2,1H3;/q+1;-1/b20-4?,27-15+,31-26?;. The van der Waals surface area contributed by atoms with Gasteiger partial charge in [0.2, 0.25) is 0 Å². The fourth-order valence-electron chi connectivity index (χ4n) is 3.47. The Bertz CT molecular complexity index is 1330. The number of likely N-dealkylation sites (N-methyl/N-ethyl adjacent to an activating group) is 1. The van der Waals surface area contributed by atoms with E-state index in [0.717, 1.165) is 48.4 Å². The van der Waals surface area contributed by atoms with E-state index in [9.17, 15) is 17.3 Å². The first-order valence-electron chi connectivity index (χ1n) is 11.5. The van der Waals surface area contributed by atoms with E-state index in [1.807, 2.05) is 60.2 Å². The Kier molecular flexibility index (Phi) is 10.7. The number of allylic oxidation sites excluding steroid dienone is 10. The number of aliphatic hydroxyl groups excluding tert-OH is 1. The van der Waals surface area contributed by atoms with Gasteiger partial charge in [0.15, 0.2) is 12.3 Å². The predicted octanol–water partition coefficient (Wildman–Crippen LogP) is 7.98. The molecule has 38 heavy (non-hydrogen) atoms. The normalized spacial score (nSPS) is 15.8. The number of aliphatic hydroxyl groups is 1. The van der Waals surface area contributed by atoms with Gasteiger partial charge in [0.05, 0.1) is 0 Å². The lowest BCUT2D eigenvalue weighted by atomic mass is 10.0. The van der Waals surface area contributed by atoms with Crippen LogP contribution in [0.1, 0.15) is 11.1 Å². The lowest BCUT2D eigenvalue weighted by molar-refractivity contribution is -0.498. The molecule has 1 N–H and O–H groups in total. The number of benzene rings is 2. The molecule has 1 aliphatic carbocycles. The summed E-state index contributed by atoms with van der Waals surface area (Å²) in [5, 5.41) is 9.13. The number of hydrogen-bond acceptors (Lipinski definition) is 2. The molecule has 0 spiro atoms. The van der Waals surface area contributed by atoms with E-state index in [1.165, 1.54) is 0 Å². The maximum atomic E-state index is 9.75. The highest BCUT2D eigenvalue weighted by atomic mass is 79.9. The Balaban J connectivity index is 0.000000732. The first kappa shape index (κ1) is 29.6. The van der Waals surface area contributed by atoms with Gasteiger partial charge in [-0.25, -0.2) is 4.58 Å². The van der Waals surface area contributed by atoms with Crippen LogP contribution >= 0.6 is 31.9 Å². The third-order valence-corrected chi connectivity index (χ3v) is 6.39. The Hall–Kier alpha value is -2.95. The molecule has 1 heterocycles. The van der Waals surface area contributed by atoms with Gasteiger partial charge in [0, 0.05) is 26.7 Å². The molecule has 198 valence electrons. The first-order valence-corrected chi connectivity index (χ1v) is 13.1. The van der Waals surface area contributed by atoms with Crippen LogP contribution in [-0.4, -0.2) is 42.8 Å². The molecule has 0 bridgehead atoms. The third kappa shape index (κ3) is 9.74. The smallest absolute Gasteiger partial charge is 0.457 e. The van der Waals surface area contributed by atoms with Crippen molar-refractivity contribution in [2.75, 3.05) is 20.2 Å². The van der Waals surface area contributed by atoms with Gasteiger partial charge in [-0.05, 0) is 71.4 Å². The van der Waals surface area contributed by atoms with Crippen LogP contribution < -0.4 is 0 Å². The SMILES string of the molecule is C[N+](CCO)=C1C=CC(=C/C=C2\C=C(c3ccc(Br)cc3)C=C(c3ccc(Br)cc3)O2)C=C1.F[B-](F)(F)F. The maximum absolute atomic E-state index is 9.75. The molecular formula is C28H24BBr2F4NO2. The molecular weight excluding hydrogens is 629 g/mol. The summed E-state index contributed by atoms with van der Waals surface area (Å²) in [5.41, 5.74) is 5.37. The molecule has 0 aromatic heterocycles. The zero-order valence-corrected chi connectivity index (χ0v) is 23.5. The fourth-order valence-corrected chi connectivity index (χ4v) is 4.00. The van der Waals surface area contributed by atoms with E-state index >= 15 is 0 Å². The van der Waals surface area contributed by atoms with Gasteiger partial charge < -0.3 is 27.1 Å². The Morgan fingerprint density at radius 1 is 0.816 bits per heavy atom. The van der Waals surface area contributed by atoms with Gasteiger partial charge in [-0.2, -0.15) is 0 Å². The average Bonchev–Trinajstić information content (AvgIpc) is 2.88. The Morgan fingerprint density at radius 2 is 1.34 bits per heavy atom. The average molecular weight is 653 g/mol. The summed E-state index contributed by atoms with van der Waals surface area (Å²) in [6.45, 7) is 0.741. The lowest BCUT2D eigenvalue weighted by Crippen LogP contribution is -2.18. The molecule has 1 aliphatic heterocycles. The van der Waals surface area contributed by atoms with Crippen molar-refractivity contribution in [1.82, 2.24) is 0 Å². The van der Waals surface area contributed by atoms with E-state index in [1.54, 1.807) is 0 Å².